The molecule has 1 rings (SSSR count). The molecule has 90 valence electrons. The Kier molecular flexibility index (Phi) is 5.92. The van der Waals surface area contributed by atoms with Gasteiger partial charge in [-0.1, -0.05) is 50.6 Å². The van der Waals surface area contributed by atoms with E-state index >= 15 is 0 Å². The molecule has 0 spiro atoms. The fourth-order valence-electron chi connectivity index (χ4n) is 1.41. The van der Waals surface area contributed by atoms with E-state index in [-0.39, 0.29) is 0 Å². The van der Waals surface area contributed by atoms with Crippen molar-refractivity contribution in [1.29, 1.82) is 0 Å². The van der Waals surface area contributed by atoms with E-state index in [2.05, 4.69) is 45.0 Å². The van der Waals surface area contributed by atoms with Crippen molar-refractivity contribution in [1.82, 2.24) is 0 Å². The number of benzene rings is 1. The highest BCUT2D eigenvalue weighted by Gasteiger charge is 2.14. The smallest absolute Gasteiger partial charge is 0.303 e. The highest BCUT2D eigenvalue weighted by Crippen LogP contribution is 2.25. The lowest BCUT2D eigenvalue weighted by molar-refractivity contribution is 0.275. The fourth-order valence-corrected chi connectivity index (χ4v) is 2.52. The lowest BCUT2D eigenvalue weighted by atomic mass is 9.87. The van der Waals surface area contributed by atoms with E-state index in [1.54, 1.807) is 0 Å². The van der Waals surface area contributed by atoms with Crippen LogP contribution in [0.3, 0.4) is 0 Å². The summed E-state index contributed by atoms with van der Waals surface area (Å²) in [5.74, 6) is 0. The minimum atomic E-state index is -4.64. The predicted molar refractivity (Wildman–Crippen MR) is 67.6 cm³/mol. The molecular weight excluding hydrogens is 242 g/mol. The zero-order chi connectivity index (χ0) is 13.0. The summed E-state index contributed by atoms with van der Waals surface area (Å²) < 4.78 is 10.4. The lowest BCUT2D eigenvalue weighted by Crippen LogP contribution is -2.22. The molecule has 0 saturated heterocycles. The summed E-state index contributed by atoms with van der Waals surface area (Å²) in [5, 5.41) is 0. The molecule has 0 fully saturated rings. The second kappa shape index (κ2) is 5.98. The maximum absolute atomic E-state index is 8.88. The number of hydrogen-bond acceptors (Lipinski definition) is 1. The Bertz CT molecular complexity index is 372. The number of hydrogen-bond donors (Lipinski definition) is 3. The fraction of sp³-hybridized carbons (Fsp3) is 0.400. The first-order valence-electron chi connectivity index (χ1n) is 4.86. The van der Waals surface area contributed by atoms with Crippen molar-refractivity contribution in [2.75, 3.05) is 0 Å². The Morgan fingerprint density at radius 1 is 1.12 bits per heavy atom. The lowest BCUT2D eigenvalue weighted by Gasteiger charge is -2.21. The molecule has 0 bridgehead atoms. The Labute approximate surface area is 104 Å². The highest BCUT2D eigenvalue weighted by molar-refractivity contribution is 7.45. The van der Waals surface area contributed by atoms with Crippen LogP contribution in [0, 0.1) is 0 Å². The third-order valence-electron chi connectivity index (χ3n) is 1.95. The Morgan fingerprint density at radius 2 is 1.50 bits per heavy atom. The van der Waals surface area contributed by atoms with Crippen LogP contribution in [0.4, 0.5) is 0 Å². The predicted octanol–water partition coefficient (Wildman–Crippen LogP) is 0.314. The molecule has 3 N–H and O–H groups in total. The molecule has 0 aromatic heterocycles. The van der Waals surface area contributed by atoms with Crippen LogP contribution in [-0.2, 0) is 9.98 Å². The number of phosphoric acid groups is 1. The van der Waals surface area contributed by atoms with Gasteiger partial charge in [0.15, 0.2) is 0 Å². The van der Waals surface area contributed by atoms with Crippen LogP contribution < -0.4 is 4.43 Å². The van der Waals surface area contributed by atoms with Crippen molar-refractivity contribution in [2.24, 2.45) is 0 Å². The van der Waals surface area contributed by atoms with E-state index in [4.69, 9.17) is 19.2 Å². The molecule has 16 heavy (non-hydrogen) atoms. The largest absolute Gasteiger partial charge is 0.466 e. The summed E-state index contributed by atoms with van der Waals surface area (Å²) in [7, 11) is -4.64. The van der Waals surface area contributed by atoms with Crippen molar-refractivity contribution < 1.29 is 19.2 Å². The quantitative estimate of drug-likeness (QED) is 0.463. The molecule has 0 atom stereocenters. The Hall–Kier alpha value is -0.138. The summed E-state index contributed by atoms with van der Waals surface area (Å²) in [6.07, 6.45) is 0. The highest BCUT2D eigenvalue weighted by atomic mass is 31.2. The number of rotatable bonds is 0. The Balaban J connectivity index is 0.000000385. The van der Waals surface area contributed by atoms with Gasteiger partial charge in [0, 0.05) is 0 Å². The molecule has 0 heterocycles. The summed E-state index contributed by atoms with van der Waals surface area (Å²) in [5.41, 5.74) is 1.82. The van der Waals surface area contributed by atoms with Gasteiger partial charge in [-0.2, -0.15) is 0 Å². The topological polar surface area (TPSA) is 77.8 Å². The molecule has 0 aliphatic rings. The first-order valence-corrected chi connectivity index (χ1v) is 7.43. The molecule has 0 aliphatic carbocycles. The normalized spacial score (nSPS) is 11.6. The Morgan fingerprint density at radius 3 is 1.75 bits per heavy atom. The average Bonchev–Trinajstić information content (AvgIpc) is 1.99. The molecule has 0 aliphatic heterocycles. The van der Waals surface area contributed by atoms with Gasteiger partial charge >= 0.3 is 7.82 Å². The van der Waals surface area contributed by atoms with Crippen molar-refractivity contribution in [3.8, 4) is 0 Å². The van der Waals surface area contributed by atoms with Gasteiger partial charge in [-0.15, -0.1) is 4.43 Å². The van der Waals surface area contributed by atoms with E-state index < -0.39 is 7.82 Å². The van der Waals surface area contributed by atoms with Crippen LogP contribution >= 0.6 is 7.82 Å². The summed E-state index contributed by atoms with van der Waals surface area (Å²) in [4.78, 5) is 21.6. The molecule has 4 nitrogen and oxygen atoms in total. The van der Waals surface area contributed by atoms with Gasteiger partial charge in [0.25, 0.3) is 16.3 Å². The third kappa shape index (κ3) is 8.07. The standard InChI is InChI=1S/C10H13.Al.H3O4P.2H/c1-10(2,3)9-7-5-4-6-8-9;;1-5(2,3)4;;/h4-7H,1-3H3;;(H3,1,2,3,4);;. The van der Waals surface area contributed by atoms with Gasteiger partial charge in [0.05, 0.1) is 0 Å². The van der Waals surface area contributed by atoms with Crippen molar-refractivity contribution in [3.63, 3.8) is 0 Å². The second-order valence-electron chi connectivity index (χ2n) is 4.58. The first-order chi connectivity index (χ1) is 7.02. The molecule has 0 saturated carbocycles. The van der Waals surface area contributed by atoms with Crippen LogP contribution in [0.25, 0.3) is 0 Å². The van der Waals surface area contributed by atoms with Gasteiger partial charge in [0.2, 0.25) is 0 Å². The van der Waals surface area contributed by atoms with Crippen LogP contribution in [0.2, 0.25) is 0 Å². The van der Waals surface area contributed by atoms with Crippen LogP contribution in [0.5, 0.6) is 0 Å². The van der Waals surface area contributed by atoms with E-state index in [1.165, 1.54) is 9.99 Å². The molecule has 1 aromatic carbocycles. The van der Waals surface area contributed by atoms with Gasteiger partial charge in [0.1, 0.15) is 0 Å². The maximum atomic E-state index is 8.88. The van der Waals surface area contributed by atoms with Crippen molar-refractivity contribution >= 4 is 28.5 Å². The molecular formula is C10H18AlO4P. The SMILES string of the molecule is CC(C)(C)c1cccc[c]1[AlH2].O=P(O)(O)O. The summed E-state index contributed by atoms with van der Waals surface area (Å²) in [6.45, 7) is 6.80. The van der Waals surface area contributed by atoms with Gasteiger partial charge in [-0.3, -0.25) is 0 Å². The summed E-state index contributed by atoms with van der Waals surface area (Å²) in [6, 6.07) is 8.72. The molecule has 0 unspecified atom stereocenters. The minimum absolute atomic E-state index is 0.318. The second-order valence-corrected chi connectivity index (χ2v) is 6.68. The average molecular weight is 260 g/mol. The van der Waals surface area contributed by atoms with Gasteiger partial charge in [-0.25, -0.2) is 4.57 Å². The van der Waals surface area contributed by atoms with Crippen molar-refractivity contribution in [2.45, 2.75) is 26.2 Å². The zero-order valence-electron chi connectivity index (χ0n) is 10.0. The molecule has 0 amide bonds. The van der Waals surface area contributed by atoms with E-state index in [0.29, 0.717) is 5.41 Å². The van der Waals surface area contributed by atoms with Crippen LogP contribution in [0.1, 0.15) is 26.3 Å². The van der Waals surface area contributed by atoms with Crippen LogP contribution in [-0.4, -0.2) is 31.0 Å². The first kappa shape index (κ1) is 15.9. The molecule has 1 aromatic rings. The zero-order valence-corrected chi connectivity index (χ0v) is 12.9. The van der Waals surface area contributed by atoms with Gasteiger partial charge in [-0.05, 0) is 5.41 Å². The third-order valence-corrected chi connectivity index (χ3v) is 2.83. The van der Waals surface area contributed by atoms with Gasteiger partial charge < -0.3 is 14.7 Å². The molecule has 0 radical (unpaired) electrons. The van der Waals surface area contributed by atoms with E-state index in [9.17, 15) is 0 Å². The minimum Gasteiger partial charge on any atom is -0.303 e. The van der Waals surface area contributed by atoms with Crippen molar-refractivity contribution in [3.05, 3.63) is 29.8 Å². The molecule has 6 heteroatoms. The summed E-state index contributed by atoms with van der Waals surface area (Å²) >= 11 is 1.16. The van der Waals surface area contributed by atoms with Crippen LogP contribution in [0.15, 0.2) is 24.3 Å². The monoisotopic (exact) mass is 260 g/mol. The maximum Gasteiger partial charge on any atom is 0.466 e. The van der Waals surface area contributed by atoms with E-state index in [1.807, 2.05) is 0 Å². The van der Waals surface area contributed by atoms with E-state index in [0.717, 1.165) is 16.3 Å².